The van der Waals surface area contributed by atoms with Crippen molar-refractivity contribution in [1.29, 1.82) is 0 Å². The lowest BCUT2D eigenvalue weighted by atomic mass is 10.1. The summed E-state index contributed by atoms with van der Waals surface area (Å²) in [4.78, 5) is 41.1. The van der Waals surface area contributed by atoms with Crippen molar-refractivity contribution in [3.8, 4) is 0 Å². The standard InChI is InChI=1S/C23H20FN3O5S/c24-18-19(32-22(30)15-9-5-2-6-10-15)16(13-28)33-21(18)27-12-11-17(26-23(27)31)25-20(29)14-7-3-1-4-8-14/h1-12,16,18-19,21,28H,13H2,(H,25,26,29,31)/t16-,18+,19-,21-/m1/s1. The third-order valence-electron chi connectivity index (χ3n) is 5.08. The maximum atomic E-state index is 15.3. The highest BCUT2D eigenvalue weighted by molar-refractivity contribution is 8.00. The molecule has 3 aromatic rings. The molecule has 4 atom stereocenters. The molecule has 1 amide bonds. The van der Waals surface area contributed by atoms with Gasteiger partial charge in [0.1, 0.15) is 11.2 Å². The van der Waals surface area contributed by atoms with Crippen LogP contribution < -0.4 is 11.0 Å². The van der Waals surface area contributed by atoms with Crippen molar-refractivity contribution in [2.45, 2.75) is 22.9 Å². The van der Waals surface area contributed by atoms with E-state index in [1.165, 1.54) is 12.3 Å². The predicted octanol–water partition coefficient (Wildman–Crippen LogP) is 2.67. The van der Waals surface area contributed by atoms with Gasteiger partial charge in [-0.1, -0.05) is 36.4 Å². The topological polar surface area (TPSA) is 111 Å². The number of esters is 1. The van der Waals surface area contributed by atoms with Crippen molar-refractivity contribution >= 4 is 29.5 Å². The number of aliphatic hydroxyl groups excluding tert-OH is 1. The van der Waals surface area contributed by atoms with E-state index in [-0.39, 0.29) is 11.4 Å². The second kappa shape index (κ2) is 9.97. The highest BCUT2D eigenvalue weighted by Gasteiger charge is 2.48. The molecule has 2 aromatic carbocycles. The lowest BCUT2D eigenvalue weighted by Crippen LogP contribution is -2.37. The Morgan fingerprint density at radius 3 is 2.30 bits per heavy atom. The van der Waals surface area contributed by atoms with Gasteiger partial charge in [-0.15, -0.1) is 11.8 Å². The van der Waals surface area contributed by atoms with Gasteiger partial charge in [0.15, 0.2) is 12.3 Å². The molecule has 0 unspecified atom stereocenters. The minimum absolute atomic E-state index is 0.0225. The molecule has 0 bridgehead atoms. The van der Waals surface area contributed by atoms with Crippen LogP contribution in [0.4, 0.5) is 10.2 Å². The number of nitrogens with one attached hydrogen (secondary N) is 1. The van der Waals surface area contributed by atoms with Crippen LogP contribution in [0.15, 0.2) is 77.7 Å². The first-order valence-electron chi connectivity index (χ1n) is 10.1. The number of thioether (sulfide) groups is 1. The van der Waals surface area contributed by atoms with Gasteiger partial charge in [-0.3, -0.25) is 9.36 Å². The molecule has 1 aliphatic heterocycles. The number of aromatic nitrogens is 2. The fourth-order valence-corrected chi connectivity index (χ4v) is 4.83. The molecule has 1 aromatic heterocycles. The number of rotatable bonds is 6. The van der Waals surface area contributed by atoms with Crippen LogP contribution in [-0.4, -0.2) is 50.7 Å². The second-order valence-corrected chi connectivity index (χ2v) is 8.61. The molecule has 2 N–H and O–H groups in total. The number of alkyl halides is 1. The Kier molecular flexibility index (Phi) is 6.85. The molecule has 33 heavy (non-hydrogen) atoms. The Balaban J connectivity index is 1.49. The lowest BCUT2D eigenvalue weighted by Gasteiger charge is -2.20. The van der Waals surface area contributed by atoms with E-state index in [0.717, 1.165) is 16.3 Å². The van der Waals surface area contributed by atoms with Crippen LogP contribution >= 0.6 is 11.8 Å². The zero-order chi connectivity index (χ0) is 23.4. The molecule has 170 valence electrons. The number of carbonyl (C=O) groups is 2. The second-order valence-electron chi connectivity index (χ2n) is 7.25. The zero-order valence-corrected chi connectivity index (χ0v) is 18.0. The molecule has 4 rings (SSSR count). The number of nitrogens with zero attached hydrogens (tertiary/aromatic N) is 2. The highest BCUT2D eigenvalue weighted by atomic mass is 32.2. The summed E-state index contributed by atoms with van der Waals surface area (Å²) in [5, 5.41) is 10.4. The summed E-state index contributed by atoms with van der Waals surface area (Å²) in [6, 6.07) is 17.9. The number of aliphatic hydroxyl groups is 1. The number of anilines is 1. The summed E-state index contributed by atoms with van der Waals surface area (Å²) in [6.07, 6.45) is -1.69. The van der Waals surface area contributed by atoms with Gasteiger partial charge in [0.05, 0.1) is 17.4 Å². The van der Waals surface area contributed by atoms with E-state index in [1.54, 1.807) is 60.7 Å². The van der Waals surface area contributed by atoms with Gasteiger partial charge in [0.2, 0.25) is 0 Å². The normalized spacial score (nSPS) is 22.0. The van der Waals surface area contributed by atoms with E-state index in [4.69, 9.17) is 4.74 Å². The molecule has 0 aliphatic carbocycles. The summed E-state index contributed by atoms with van der Waals surface area (Å²) in [5.41, 5.74) is -0.132. The fourth-order valence-electron chi connectivity index (χ4n) is 3.43. The Morgan fingerprint density at radius 2 is 1.70 bits per heavy atom. The highest BCUT2D eigenvalue weighted by Crippen LogP contribution is 2.44. The summed E-state index contributed by atoms with van der Waals surface area (Å²) >= 11 is 0.981. The van der Waals surface area contributed by atoms with Crippen molar-refractivity contribution in [3.63, 3.8) is 0 Å². The van der Waals surface area contributed by atoms with E-state index in [1.807, 2.05) is 0 Å². The zero-order valence-electron chi connectivity index (χ0n) is 17.2. The first-order valence-corrected chi connectivity index (χ1v) is 11.0. The van der Waals surface area contributed by atoms with Gasteiger partial charge >= 0.3 is 11.7 Å². The predicted molar refractivity (Wildman–Crippen MR) is 121 cm³/mol. The monoisotopic (exact) mass is 469 g/mol. The molecule has 0 radical (unpaired) electrons. The third-order valence-corrected chi connectivity index (χ3v) is 6.61. The molecule has 1 saturated heterocycles. The van der Waals surface area contributed by atoms with Gasteiger partial charge in [-0.2, -0.15) is 4.98 Å². The van der Waals surface area contributed by atoms with Gasteiger partial charge in [-0.25, -0.2) is 14.0 Å². The first-order chi connectivity index (χ1) is 16.0. The van der Waals surface area contributed by atoms with Crippen LogP contribution in [0.5, 0.6) is 0 Å². The Morgan fingerprint density at radius 1 is 1.06 bits per heavy atom. The minimum Gasteiger partial charge on any atom is -0.454 e. The van der Waals surface area contributed by atoms with Crippen molar-refractivity contribution in [3.05, 3.63) is 94.5 Å². The molecule has 10 heteroatoms. The van der Waals surface area contributed by atoms with Crippen LogP contribution in [0.3, 0.4) is 0 Å². The quantitative estimate of drug-likeness (QED) is 0.534. The molecule has 1 fully saturated rings. The third kappa shape index (κ3) is 4.96. The van der Waals surface area contributed by atoms with Crippen LogP contribution in [0.25, 0.3) is 0 Å². The van der Waals surface area contributed by atoms with Crippen molar-refractivity contribution in [2.75, 3.05) is 11.9 Å². The Hall–Kier alpha value is -3.50. The molecular weight excluding hydrogens is 449 g/mol. The summed E-state index contributed by atoms with van der Waals surface area (Å²) in [6.45, 7) is -0.443. The summed E-state index contributed by atoms with van der Waals surface area (Å²) in [5.74, 6) is -1.13. The van der Waals surface area contributed by atoms with E-state index in [2.05, 4.69) is 10.3 Å². The van der Waals surface area contributed by atoms with E-state index in [9.17, 15) is 19.5 Å². The number of halogens is 1. The smallest absolute Gasteiger partial charge is 0.350 e. The van der Waals surface area contributed by atoms with E-state index < -0.39 is 47.1 Å². The van der Waals surface area contributed by atoms with Crippen molar-refractivity contribution in [2.24, 2.45) is 0 Å². The average molecular weight is 469 g/mol. The van der Waals surface area contributed by atoms with Crippen LogP contribution in [0.2, 0.25) is 0 Å². The number of hydrogen-bond donors (Lipinski definition) is 2. The maximum Gasteiger partial charge on any atom is 0.350 e. The van der Waals surface area contributed by atoms with E-state index >= 15 is 4.39 Å². The van der Waals surface area contributed by atoms with Crippen LogP contribution in [-0.2, 0) is 4.74 Å². The SMILES string of the molecule is O=C(Nc1ccn([C@@H]2S[C@H](CO)[C@@H](OC(=O)c3ccccc3)[C@@H]2F)c(=O)n1)c1ccccc1. The average Bonchev–Trinajstić information content (AvgIpc) is 3.15. The molecule has 8 nitrogen and oxygen atoms in total. The molecular formula is C23H20FN3O5S. The van der Waals surface area contributed by atoms with Gasteiger partial charge < -0.3 is 15.2 Å². The number of hydrogen-bond acceptors (Lipinski definition) is 7. The van der Waals surface area contributed by atoms with Gasteiger partial charge in [-0.05, 0) is 30.3 Å². The number of amides is 1. The van der Waals surface area contributed by atoms with Crippen LogP contribution in [0, 0.1) is 0 Å². The summed E-state index contributed by atoms with van der Waals surface area (Å²) < 4.78 is 21.7. The first kappa shape index (κ1) is 22.7. The van der Waals surface area contributed by atoms with Gasteiger partial charge in [0.25, 0.3) is 5.91 Å². The number of benzene rings is 2. The van der Waals surface area contributed by atoms with Crippen molar-refractivity contribution in [1.82, 2.24) is 9.55 Å². The number of ether oxygens (including phenoxy) is 1. The van der Waals surface area contributed by atoms with Gasteiger partial charge in [0, 0.05) is 11.8 Å². The molecule has 2 heterocycles. The fraction of sp³-hybridized carbons (Fsp3) is 0.217. The molecule has 0 saturated carbocycles. The largest absolute Gasteiger partial charge is 0.454 e. The lowest BCUT2D eigenvalue weighted by molar-refractivity contribution is 0.00203. The molecule has 0 spiro atoms. The minimum atomic E-state index is -1.76. The maximum absolute atomic E-state index is 15.3. The van der Waals surface area contributed by atoms with Crippen molar-refractivity contribution < 1.29 is 23.8 Å². The van der Waals surface area contributed by atoms with Crippen LogP contribution in [0.1, 0.15) is 26.1 Å². The van der Waals surface area contributed by atoms with E-state index in [0.29, 0.717) is 5.56 Å². The molecule has 1 aliphatic rings. The Bertz CT molecular complexity index is 1190. The number of carbonyl (C=O) groups excluding carboxylic acids is 2. The summed E-state index contributed by atoms with van der Waals surface area (Å²) in [7, 11) is 0. The Labute approximate surface area is 192 Å².